The molecule has 0 aliphatic heterocycles. The van der Waals surface area contributed by atoms with Crippen LogP contribution < -0.4 is 19.5 Å². The average molecular weight is 428 g/mol. The van der Waals surface area contributed by atoms with Crippen LogP contribution in [0.1, 0.15) is 17.3 Å². The van der Waals surface area contributed by atoms with Crippen molar-refractivity contribution in [3.05, 3.63) is 78.4 Å². The van der Waals surface area contributed by atoms with E-state index in [2.05, 4.69) is 5.32 Å². The number of pyridine rings is 1. The maximum Gasteiger partial charge on any atom is 0.259 e. The predicted molar refractivity (Wildman–Crippen MR) is 126 cm³/mol. The highest BCUT2D eigenvalue weighted by atomic mass is 16.5. The van der Waals surface area contributed by atoms with Crippen molar-refractivity contribution < 1.29 is 19.0 Å². The summed E-state index contributed by atoms with van der Waals surface area (Å²) in [5.74, 6) is 1.76. The largest absolute Gasteiger partial charge is 0.497 e. The van der Waals surface area contributed by atoms with Crippen molar-refractivity contribution in [2.75, 3.05) is 26.1 Å². The molecule has 0 unspecified atom stereocenters. The van der Waals surface area contributed by atoms with E-state index in [-0.39, 0.29) is 5.91 Å². The van der Waals surface area contributed by atoms with Gasteiger partial charge in [-0.2, -0.15) is 0 Å². The molecule has 1 heterocycles. The molecular formula is C26H24N2O4. The molecule has 0 radical (unpaired) electrons. The Morgan fingerprint density at radius 3 is 2.41 bits per heavy atom. The Morgan fingerprint density at radius 2 is 1.69 bits per heavy atom. The van der Waals surface area contributed by atoms with Gasteiger partial charge in [-0.1, -0.05) is 12.1 Å². The minimum absolute atomic E-state index is 0.248. The van der Waals surface area contributed by atoms with Crippen molar-refractivity contribution in [2.24, 2.45) is 0 Å². The summed E-state index contributed by atoms with van der Waals surface area (Å²) in [6.45, 7) is 2.45. The van der Waals surface area contributed by atoms with Gasteiger partial charge in [0, 0.05) is 22.7 Å². The number of para-hydroxylation sites is 1. The van der Waals surface area contributed by atoms with Crippen LogP contribution in [0.25, 0.3) is 22.2 Å². The Hall–Kier alpha value is -4.06. The second-order valence-corrected chi connectivity index (χ2v) is 7.05. The van der Waals surface area contributed by atoms with Crippen molar-refractivity contribution >= 4 is 22.5 Å². The zero-order valence-electron chi connectivity index (χ0n) is 18.2. The number of benzene rings is 3. The van der Waals surface area contributed by atoms with Gasteiger partial charge in [0.05, 0.1) is 37.6 Å². The molecule has 0 atom stereocenters. The first-order chi connectivity index (χ1) is 15.6. The molecule has 3 aromatic carbocycles. The lowest BCUT2D eigenvalue weighted by molar-refractivity contribution is 0.102. The fourth-order valence-electron chi connectivity index (χ4n) is 3.49. The Morgan fingerprint density at radius 1 is 0.906 bits per heavy atom. The zero-order chi connectivity index (χ0) is 22.5. The van der Waals surface area contributed by atoms with Gasteiger partial charge >= 0.3 is 0 Å². The predicted octanol–water partition coefficient (Wildman–Crippen LogP) is 5.57. The molecule has 0 aliphatic rings. The van der Waals surface area contributed by atoms with Gasteiger partial charge in [0.15, 0.2) is 0 Å². The number of ether oxygens (including phenoxy) is 3. The number of carbonyl (C=O) groups excluding carboxylic acids is 1. The highest BCUT2D eigenvalue weighted by Crippen LogP contribution is 2.33. The summed E-state index contributed by atoms with van der Waals surface area (Å²) < 4.78 is 16.4. The average Bonchev–Trinajstić information content (AvgIpc) is 2.84. The Kier molecular flexibility index (Phi) is 6.22. The normalized spacial score (nSPS) is 10.6. The maximum absolute atomic E-state index is 12.8. The van der Waals surface area contributed by atoms with E-state index in [9.17, 15) is 4.79 Å². The number of aromatic nitrogens is 1. The van der Waals surface area contributed by atoms with E-state index in [1.54, 1.807) is 32.4 Å². The van der Waals surface area contributed by atoms with Gasteiger partial charge in [0.2, 0.25) is 0 Å². The molecule has 1 amide bonds. The molecule has 32 heavy (non-hydrogen) atoms. The second kappa shape index (κ2) is 9.39. The fraction of sp³-hybridized carbons (Fsp3) is 0.154. The number of fused-ring (bicyclic) bond motifs is 1. The molecular weight excluding hydrogens is 404 g/mol. The zero-order valence-corrected chi connectivity index (χ0v) is 18.2. The molecule has 162 valence electrons. The van der Waals surface area contributed by atoms with Crippen LogP contribution in [-0.4, -0.2) is 31.7 Å². The van der Waals surface area contributed by atoms with Gasteiger partial charge in [-0.15, -0.1) is 0 Å². The molecule has 0 saturated carbocycles. The molecule has 0 fully saturated rings. The lowest BCUT2D eigenvalue weighted by Crippen LogP contribution is -2.13. The molecule has 6 nitrogen and oxygen atoms in total. The molecule has 0 spiro atoms. The third kappa shape index (κ3) is 4.34. The van der Waals surface area contributed by atoms with E-state index in [1.165, 1.54) is 0 Å². The Balaban J connectivity index is 1.69. The number of carbonyl (C=O) groups is 1. The summed E-state index contributed by atoms with van der Waals surface area (Å²) in [4.78, 5) is 17.6. The summed E-state index contributed by atoms with van der Waals surface area (Å²) >= 11 is 0. The van der Waals surface area contributed by atoms with Crippen molar-refractivity contribution in [2.45, 2.75) is 6.92 Å². The minimum atomic E-state index is -0.248. The maximum atomic E-state index is 12.8. The number of hydrogen-bond acceptors (Lipinski definition) is 5. The minimum Gasteiger partial charge on any atom is -0.497 e. The number of nitrogens with one attached hydrogen (secondary N) is 1. The molecule has 6 heteroatoms. The fourth-order valence-corrected chi connectivity index (χ4v) is 3.49. The van der Waals surface area contributed by atoms with Crippen molar-refractivity contribution in [3.8, 4) is 28.5 Å². The topological polar surface area (TPSA) is 69.7 Å². The highest BCUT2D eigenvalue weighted by molar-refractivity contribution is 6.07. The molecule has 0 saturated heterocycles. The van der Waals surface area contributed by atoms with Gasteiger partial charge in [-0.3, -0.25) is 4.79 Å². The van der Waals surface area contributed by atoms with Crippen LogP contribution in [0.15, 0.2) is 72.8 Å². The Labute approximate surface area is 186 Å². The standard InChI is InChI=1S/C26H24N2O4/c1-4-32-25-16-23(17-9-12-19(30-2)13-10-17)28-22-14-11-18(15-21(22)25)27-26(29)20-7-5-6-8-24(20)31-3/h5-16H,4H2,1-3H3,(H,27,29). The van der Waals surface area contributed by atoms with Gasteiger partial charge < -0.3 is 19.5 Å². The molecule has 0 aliphatic carbocycles. The summed E-state index contributed by atoms with van der Waals surface area (Å²) in [5.41, 5.74) is 3.65. The quantitative estimate of drug-likeness (QED) is 0.417. The molecule has 1 aromatic heterocycles. The van der Waals surface area contributed by atoms with E-state index in [0.717, 1.165) is 27.9 Å². The van der Waals surface area contributed by atoms with Crippen molar-refractivity contribution in [1.29, 1.82) is 0 Å². The van der Waals surface area contributed by atoms with E-state index < -0.39 is 0 Å². The van der Waals surface area contributed by atoms with Crippen LogP contribution in [0.4, 0.5) is 5.69 Å². The number of methoxy groups -OCH3 is 2. The van der Waals surface area contributed by atoms with E-state index in [4.69, 9.17) is 19.2 Å². The Bertz CT molecular complexity index is 1250. The number of hydrogen-bond donors (Lipinski definition) is 1. The number of amides is 1. The van der Waals surface area contributed by atoms with Crippen LogP contribution in [-0.2, 0) is 0 Å². The molecule has 4 aromatic rings. The number of rotatable bonds is 7. The smallest absolute Gasteiger partial charge is 0.259 e. The van der Waals surface area contributed by atoms with Gasteiger partial charge in [-0.05, 0) is 61.5 Å². The number of nitrogens with zero attached hydrogens (tertiary/aromatic N) is 1. The summed E-state index contributed by atoms with van der Waals surface area (Å²) in [6, 6.07) is 22.3. The van der Waals surface area contributed by atoms with Crippen LogP contribution in [0.5, 0.6) is 17.2 Å². The molecule has 4 rings (SSSR count). The second-order valence-electron chi connectivity index (χ2n) is 7.05. The summed E-state index contributed by atoms with van der Waals surface area (Å²) in [5, 5.41) is 3.76. The van der Waals surface area contributed by atoms with E-state index in [1.807, 2.05) is 61.5 Å². The SMILES string of the molecule is CCOc1cc(-c2ccc(OC)cc2)nc2ccc(NC(=O)c3ccccc3OC)cc12. The lowest BCUT2D eigenvalue weighted by Gasteiger charge is -2.13. The van der Waals surface area contributed by atoms with Crippen LogP contribution in [0, 0.1) is 0 Å². The number of anilines is 1. The van der Waals surface area contributed by atoms with Crippen molar-refractivity contribution in [3.63, 3.8) is 0 Å². The first kappa shape index (κ1) is 21.2. The van der Waals surface area contributed by atoms with E-state index in [0.29, 0.717) is 29.4 Å². The first-order valence-electron chi connectivity index (χ1n) is 10.3. The van der Waals surface area contributed by atoms with Gasteiger partial charge in [0.25, 0.3) is 5.91 Å². The van der Waals surface area contributed by atoms with Gasteiger partial charge in [-0.25, -0.2) is 4.98 Å². The summed E-state index contributed by atoms with van der Waals surface area (Å²) in [7, 11) is 3.18. The lowest BCUT2D eigenvalue weighted by atomic mass is 10.1. The van der Waals surface area contributed by atoms with Crippen LogP contribution in [0.2, 0.25) is 0 Å². The van der Waals surface area contributed by atoms with Crippen LogP contribution in [0.3, 0.4) is 0 Å². The molecule has 1 N–H and O–H groups in total. The summed E-state index contributed by atoms with van der Waals surface area (Å²) in [6.07, 6.45) is 0. The van der Waals surface area contributed by atoms with E-state index >= 15 is 0 Å². The highest BCUT2D eigenvalue weighted by Gasteiger charge is 2.14. The first-order valence-corrected chi connectivity index (χ1v) is 10.3. The third-order valence-electron chi connectivity index (χ3n) is 5.07. The van der Waals surface area contributed by atoms with Crippen molar-refractivity contribution in [1.82, 2.24) is 4.98 Å². The van der Waals surface area contributed by atoms with Crippen LogP contribution >= 0.6 is 0 Å². The van der Waals surface area contributed by atoms with Gasteiger partial charge in [0.1, 0.15) is 17.2 Å². The monoisotopic (exact) mass is 428 g/mol. The third-order valence-corrected chi connectivity index (χ3v) is 5.07. The molecule has 0 bridgehead atoms.